The van der Waals surface area contributed by atoms with Crippen molar-refractivity contribution < 1.29 is 0 Å². The standard InChI is InChI=1S/C11H15N3.C2H6/c1-3-5-7-10(6-4-2)14-11(12)8-9-13-14;1-2/h3-9H,12H2,1-2H3;1-2H3/b5-3-,6-4-,10-7+;. The van der Waals surface area contributed by atoms with E-state index in [-0.39, 0.29) is 0 Å². The predicted octanol–water partition coefficient (Wildman–Crippen LogP) is 3.48. The molecule has 3 heteroatoms. The van der Waals surface area contributed by atoms with Crippen LogP contribution in [0.3, 0.4) is 0 Å². The van der Waals surface area contributed by atoms with E-state index in [1.807, 2.05) is 58.1 Å². The molecule has 0 saturated heterocycles. The molecule has 2 N–H and O–H groups in total. The maximum Gasteiger partial charge on any atom is 0.127 e. The molecule has 0 aliphatic carbocycles. The zero-order valence-electron chi connectivity index (χ0n) is 10.5. The van der Waals surface area contributed by atoms with E-state index in [9.17, 15) is 0 Å². The van der Waals surface area contributed by atoms with Crippen LogP contribution in [0.15, 0.2) is 42.6 Å². The number of hydrogen-bond acceptors (Lipinski definition) is 2. The van der Waals surface area contributed by atoms with Crippen molar-refractivity contribution in [2.24, 2.45) is 0 Å². The molecule has 1 aromatic rings. The van der Waals surface area contributed by atoms with Crippen LogP contribution in [0, 0.1) is 0 Å². The Bertz CT molecular complexity index is 370. The molecule has 3 nitrogen and oxygen atoms in total. The maximum absolute atomic E-state index is 5.75. The molecule has 0 atom stereocenters. The van der Waals surface area contributed by atoms with Gasteiger partial charge in [0.1, 0.15) is 5.82 Å². The van der Waals surface area contributed by atoms with Gasteiger partial charge in [-0.3, -0.25) is 0 Å². The molecular weight excluding hydrogens is 198 g/mol. The molecule has 0 aromatic carbocycles. The Kier molecular flexibility index (Phi) is 7.59. The first kappa shape index (κ1) is 14.2. The van der Waals surface area contributed by atoms with Crippen molar-refractivity contribution in [2.45, 2.75) is 27.7 Å². The smallest absolute Gasteiger partial charge is 0.127 e. The van der Waals surface area contributed by atoms with Crippen LogP contribution in [0.5, 0.6) is 0 Å². The predicted molar refractivity (Wildman–Crippen MR) is 71.9 cm³/mol. The topological polar surface area (TPSA) is 43.8 Å². The van der Waals surface area contributed by atoms with Crippen LogP contribution in [0.1, 0.15) is 27.7 Å². The quantitative estimate of drug-likeness (QED) is 0.791. The van der Waals surface area contributed by atoms with Crippen molar-refractivity contribution in [3.8, 4) is 0 Å². The average molecular weight is 219 g/mol. The molecule has 0 amide bonds. The Morgan fingerprint density at radius 2 is 2.00 bits per heavy atom. The number of rotatable bonds is 3. The summed E-state index contributed by atoms with van der Waals surface area (Å²) in [5.41, 5.74) is 6.70. The van der Waals surface area contributed by atoms with Gasteiger partial charge < -0.3 is 5.73 Å². The van der Waals surface area contributed by atoms with E-state index in [1.165, 1.54) is 0 Å². The number of nitrogen functional groups attached to an aromatic ring is 1. The van der Waals surface area contributed by atoms with Gasteiger partial charge in [0.15, 0.2) is 0 Å². The van der Waals surface area contributed by atoms with Gasteiger partial charge in [-0.1, -0.05) is 32.1 Å². The summed E-state index contributed by atoms with van der Waals surface area (Å²) >= 11 is 0. The number of nitrogens with two attached hydrogens (primary N) is 1. The largest absolute Gasteiger partial charge is 0.384 e. The zero-order chi connectivity index (χ0) is 12.4. The number of anilines is 1. The lowest BCUT2D eigenvalue weighted by Gasteiger charge is -2.03. The summed E-state index contributed by atoms with van der Waals surface area (Å²) in [7, 11) is 0. The maximum atomic E-state index is 5.75. The second-order valence-electron chi connectivity index (χ2n) is 2.79. The van der Waals surface area contributed by atoms with Crippen LogP contribution < -0.4 is 5.73 Å². The van der Waals surface area contributed by atoms with Crippen molar-refractivity contribution in [2.75, 3.05) is 5.73 Å². The molecule has 16 heavy (non-hydrogen) atoms. The van der Waals surface area contributed by atoms with Crippen molar-refractivity contribution in [1.29, 1.82) is 0 Å². The first-order chi connectivity index (χ1) is 7.79. The van der Waals surface area contributed by atoms with Crippen molar-refractivity contribution in [1.82, 2.24) is 9.78 Å². The van der Waals surface area contributed by atoms with Gasteiger partial charge in [0, 0.05) is 6.07 Å². The van der Waals surface area contributed by atoms with E-state index < -0.39 is 0 Å². The molecule has 0 radical (unpaired) electrons. The highest BCUT2D eigenvalue weighted by Gasteiger charge is 1.99. The van der Waals surface area contributed by atoms with Crippen LogP contribution in [0.25, 0.3) is 5.70 Å². The molecule has 0 aliphatic heterocycles. The number of hydrogen-bond donors (Lipinski definition) is 1. The minimum absolute atomic E-state index is 0.638. The van der Waals surface area contributed by atoms with Gasteiger partial charge in [-0.25, -0.2) is 4.68 Å². The lowest BCUT2D eigenvalue weighted by molar-refractivity contribution is 0.920. The fourth-order valence-electron chi connectivity index (χ4n) is 1.09. The minimum Gasteiger partial charge on any atom is -0.384 e. The van der Waals surface area contributed by atoms with Gasteiger partial charge in [-0.2, -0.15) is 5.10 Å². The molecule has 0 spiro atoms. The van der Waals surface area contributed by atoms with E-state index in [4.69, 9.17) is 5.73 Å². The van der Waals surface area contributed by atoms with Gasteiger partial charge in [-0.15, -0.1) is 0 Å². The van der Waals surface area contributed by atoms with E-state index in [2.05, 4.69) is 5.10 Å². The first-order valence-corrected chi connectivity index (χ1v) is 5.55. The molecule has 1 heterocycles. The molecule has 1 aromatic heterocycles. The van der Waals surface area contributed by atoms with Crippen LogP contribution in [0.2, 0.25) is 0 Å². The Morgan fingerprint density at radius 3 is 2.44 bits per heavy atom. The first-order valence-electron chi connectivity index (χ1n) is 5.55. The molecule has 0 aliphatic rings. The summed E-state index contributed by atoms with van der Waals surface area (Å²) in [6.45, 7) is 7.93. The lowest BCUT2D eigenvalue weighted by atomic mass is 10.3. The van der Waals surface area contributed by atoms with E-state index in [0.717, 1.165) is 5.70 Å². The van der Waals surface area contributed by atoms with Crippen LogP contribution >= 0.6 is 0 Å². The molecule has 0 saturated carbocycles. The lowest BCUT2D eigenvalue weighted by Crippen LogP contribution is -2.01. The van der Waals surface area contributed by atoms with Gasteiger partial charge in [0.25, 0.3) is 0 Å². The highest BCUT2D eigenvalue weighted by molar-refractivity contribution is 5.61. The third-order valence-corrected chi connectivity index (χ3v) is 1.71. The Morgan fingerprint density at radius 1 is 1.31 bits per heavy atom. The van der Waals surface area contributed by atoms with Gasteiger partial charge in [0.05, 0.1) is 11.9 Å². The summed E-state index contributed by atoms with van der Waals surface area (Å²) in [5.74, 6) is 0.638. The molecule has 1 rings (SSSR count). The highest BCUT2D eigenvalue weighted by Crippen LogP contribution is 2.11. The minimum atomic E-state index is 0.638. The van der Waals surface area contributed by atoms with Crippen molar-refractivity contribution in [3.05, 3.63) is 42.6 Å². The summed E-state index contributed by atoms with van der Waals surface area (Å²) < 4.78 is 1.69. The van der Waals surface area contributed by atoms with Gasteiger partial charge in [-0.05, 0) is 26.0 Å². The third-order valence-electron chi connectivity index (χ3n) is 1.71. The summed E-state index contributed by atoms with van der Waals surface area (Å²) in [4.78, 5) is 0. The second-order valence-corrected chi connectivity index (χ2v) is 2.79. The fraction of sp³-hybridized carbons (Fsp3) is 0.308. The average Bonchev–Trinajstić information content (AvgIpc) is 2.73. The zero-order valence-corrected chi connectivity index (χ0v) is 10.5. The molecule has 0 unspecified atom stereocenters. The fourth-order valence-corrected chi connectivity index (χ4v) is 1.09. The normalized spacial score (nSPS) is 11.9. The highest BCUT2D eigenvalue weighted by atomic mass is 15.3. The van der Waals surface area contributed by atoms with Gasteiger partial charge in [0.2, 0.25) is 0 Å². The molecular formula is C13H21N3. The van der Waals surface area contributed by atoms with Crippen molar-refractivity contribution in [3.63, 3.8) is 0 Å². The van der Waals surface area contributed by atoms with Crippen LogP contribution in [-0.4, -0.2) is 9.78 Å². The second kappa shape index (κ2) is 8.53. The Balaban J connectivity index is 0.00000106. The van der Waals surface area contributed by atoms with Crippen molar-refractivity contribution >= 4 is 11.5 Å². The Hall–Kier alpha value is -1.77. The monoisotopic (exact) mass is 219 g/mol. The summed E-state index contributed by atoms with van der Waals surface area (Å²) in [6.07, 6.45) is 11.5. The molecule has 0 fully saturated rings. The van der Waals surface area contributed by atoms with E-state index >= 15 is 0 Å². The SMILES string of the molecule is CC.C\C=C/C=C(\C=C/C)n1nccc1N. The van der Waals surface area contributed by atoms with Crippen LogP contribution in [0.4, 0.5) is 5.82 Å². The summed E-state index contributed by atoms with van der Waals surface area (Å²) in [6, 6.07) is 1.77. The number of allylic oxidation sites excluding steroid dienone is 6. The van der Waals surface area contributed by atoms with Crippen LogP contribution in [-0.2, 0) is 0 Å². The van der Waals surface area contributed by atoms with Gasteiger partial charge >= 0.3 is 0 Å². The van der Waals surface area contributed by atoms with E-state index in [0.29, 0.717) is 5.82 Å². The Labute approximate surface area is 98.0 Å². The van der Waals surface area contributed by atoms with E-state index in [1.54, 1.807) is 16.9 Å². The summed E-state index contributed by atoms with van der Waals surface area (Å²) in [5, 5.41) is 4.13. The third kappa shape index (κ3) is 4.17. The number of nitrogens with zero attached hydrogens (tertiary/aromatic N) is 2. The molecule has 0 bridgehead atoms. The molecule has 88 valence electrons. The number of aromatic nitrogens is 2.